The van der Waals surface area contributed by atoms with Gasteiger partial charge in [-0.3, -0.25) is 28.0 Å². The fraction of sp³-hybridized carbons (Fsp3) is 0.823. The third-order valence-electron chi connectivity index (χ3n) is 18.3. The van der Waals surface area contributed by atoms with Crippen LogP contribution in [0.2, 0.25) is 0 Å². The molecule has 2 aliphatic rings. The van der Waals surface area contributed by atoms with Crippen LogP contribution in [0.15, 0.2) is 62.5 Å². The highest BCUT2D eigenvalue weighted by Crippen LogP contribution is 2.53. The Kier molecular flexibility index (Phi) is 57.8. The second-order valence-corrected chi connectivity index (χ2v) is 28.7. The average Bonchev–Trinajstić information content (AvgIpc) is 0.784. The number of hydrogen-bond acceptors (Lipinski definition) is 18. The molecular formula is C79H141N2O18P. The molecule has 1 saturated heterocycles. The maximum Gasteiger partial charge on any atom is 0.509 e. The van der Waals surface area contributed by atoms with E-state index >= 15 is 0 Å². The predicted octanol–water partition coefficient (Wildman–Crippen LogP) is 19.2. The van der Waals surface area contributed by atoms with Crippen molar-refractivity contribution in [2.45, 2.75) is 365 Å². The van der Waals surface area contributed by atoms with Crippen molar-refractivity contribution in [2.75, 3.05) is 53.9 Å². The number of hydrogen-bond donors (Lipinski definition) is 2. The van der Waals surface area contributed by atoms with E-state index in [0.29, 0.717) is 25.7 Å². The van der Waals surface area contributed by atoms with Gasteiger partial charge in [0.05, 0.1) is 44.6 Å². The van der Waals surface area contributed by atoms with E-state index < -0.39 is 81.0 Å². The first-order valence-corrected chi connectivity index (χ1v) is 40.8. The van der Waals surface area contributed by atoms with Gasteiger partial charge in [0, 0.05) is 46.7 Å². The summed E-state index contributed by atoms with van der Waals surface area (Å²) in [5.41, 5.74) is 0. The number of amides is 2. The summed E-state index contributed by atoms with van der Waals surface area (Å²) in [6.07, 6.45) is 39.7. The van der Waals surface area contributed by atoms with E-state index in [1.807, 2.05) is 0 Å². The molecule has 580 valence electrons. The van der Waals surface area contributed by atoms with Crippen molar-refractivity contribution < 1.29 is 85.0 Å². The van der Waals surface area contributed by atoms with E-state index in [1.165, 1.54) is 102 Å². The third kappa shape index (κ3) is 43.5. The van der Waals surface area contributed by atoms with Crippen molar-refractivity contribution in [1.82, 2.24) is 10.6 Å². The number of ketones is 1. The Morgan fingerprint density at radius 1 is 0.540 bits per heavy atom. The lowest BCUT2D eigenvalue weighted by atomic mass is 9.84. The zero-order chi connectivity index (χ0) is 73.0. The highest BCUT2D eigenvalue weighted by Gasteiger charge is 2.55. The van der Waals surface area contributed by atoms with Crippen LogP contribution < -0.4 is 10.6 Å². The molecule has 2 fully saturated rings. The molecule has 2 amide bonds. The van der Waals surface area contributed by atoms with Crippen molar-refractivity contribution >= 4 is 31.6 Å². The molecule has 0 aromatic rings. The second kappa shape index (κ2) is 62.6. The summed E-state index contributed by atoms with van der Waals surface area (Å²) in [4.78, 5) is 69.3. The third-order valence-corrected chi connectivity index (χ3v) is 19.7. The Morgan fingerprint density at radius 3 is 1.59 bits per heavy atom. The number of phosphoric ester groups is 1. The summed E-state index contributed by atoms with van der Waals surface area (Å²) >= 11 is 0. The number of unbranched alkanes of at least 4 members (excludes halogenated alkanes) is 30. The van der Waals surface area contributed by atoms with Gasteiger partial charge in [0.2, 0.25) is 18.1 Å². The summed E-state index contributed by atoms with van der Waals surface area (Å²) in [7, 11) is -1.36. The predicted molar refractivity (Wildman–Crippen MR) is 398 cm³/mol. The van der Waals surface area contributed by atoms with Crippen LogP contribution in [0.5, 0.6) is 0 Å². The van der Waals surface area contributed by atoms with Gasteiger partial charge in [0.25, 0.3) is 0 Å². The lowest BCUT2D eigenvalue weighted by Crippen LogP contribution is -2.67. The van der Waals surface area contributed by atoms with Gasteiger partial charge >= 0.3 is 14.0 Å². The summed E-state index contributed by atoms with van der Waals surface area (Å²) in [6.45, 7) is 21.3. The average molecular weight is 1440 g/mol. The van der Waals surface area contributed by atoms with E-state index in [0.717, 1.165) is 141 Å². The second-order valence-electron chi connectivity index (χ2n) is 27.0. The first-order chi connectivity index (χ1) is 48.8. The molecule has 1 aliphatic carbocycles. The van der Waals surface area contributed by atoms with Crippen molar-refractivity contribution in [1.29, 1.82) is 0 Å². The van der Waals surface area contributed by atoms with Gasteiger partial charge in [-0.05, 0) is 64.7 Å². The Balaban J connectivity index is 2.74. The van der Waals surface area contributed by atoms with E-state index in [-0.39, 0.29) is 83.1 Å². The summed E-state index contributed by atoms with van der Waals surface area (Å²) in [5, 5.41) is 6.25. The SMILES string of the molecule is C=CCOC(=O)O[C@@H]1C(OO[C@@H]2O[C@H](COC)[C@@H](OP(=O)(OCC=C)OCC=C)[C@H](OCC[C@@H](CCCCCCC)OC)[C@H]2NC(=O)CCCCCCCCC/C=C\CCCCCC)C[C@H](O/C=C\C)[C@H](NC(=O)CC(=O)CCCCCCCCCCC)C1OCCCCCCCCCC. The van der Waals surface area contributed by atoms with Gasteiger partial charge in [-0.15, -0.1) is 13.2 Å². The topological polar surface area (TPSA) is 229 Å². The first-order valence-electron chi connectivity index (χ1n) is 39.3. The number of Topliss-reactive ketones (excluding diaryl/α,β-unsaturated/α-hetero) is 1. The molecule has 21 heteroatoms. The standard InChI is InChI=1S/C79H141N2O18P/c1-11-19-23-27-30-33-34-35-36-37-38-40-42-46-50-54-70(83)80-73-77(91-61-55-66(88-10)53-49-44-26-22-14-4)75(99-100(86,93-58-17-7)94-59-18-8)69(64-87-9)95-78(73)98-97-68-63-67(89-56-15-5)72(81-71(84)62-65(82)52-48-45-41-39-31-28-24-20-12-2)76(74(68)96-79(85)92-57-16-6)90-60-51-47-43-32-29-25-21-13-3/h15-18,33-34,56,66-69,72-78H,6-8,11-14,19-32,35-55,57-64H2,1-5,9-10H3,(H,80,83)(H,81,84)/b34-33-,56-15-/t66-,67+,68?,69-,72+,73-,74-,75-,76?,77-,78+/m1/s1. The van der Waals surface area contributed by atoms with Crippen LogP contribution in [0, 0.1) is 0 Å². The van der Waals surface area contributed by atoms with Crippen molar-refractivity contribution in [2.24, 2.45) is 0 Å². The minimum atomic E-state index is -4.50. The summed E-state index contributed by atoms with van der Waals surface area (Å²) < 4.78 is 83.1. The number of phosphoric acid groups is 1. The number of ether oxygens (including phenoxy) is 8. The minimum absolute atomic E-state index is 0.0868. The molecule has 1 heterocycles. The quantitative estimate of drug-likeness (QED) is 0.00843. The van der Waals surface area contributed by atoms with Gasteiger partial charge in [-0.1, -0.05) is 251 Å². The number of allylic oxidation sites excluding steroid dienone is 3. The van der Waals surface area contributed by atoms with Crippen LogP contribution in [-0.4, -0.2) is 145 Å². The van der Waals surface area contributed by atoms with Crippen LogP contribution in [0.25, 0.3) is 0 Å². The fourth-order valence-corrected chi connectivity index (χ4v) is 14.0. The fourth-order valence-electron chi connectivity index (χ4n) is 12.7. The van der Waals surface area contributed by atoms with Gasteiger partial charge in [0.1, 0.15) is 55.1 Å². The number of carbonyl (C=O) groups is 4. The monoisotopic (exact) mass is 1440 g/mol. The van der Waals surface area contributed by atoms with Crippen molar-refractivity contribution in [3.8, 4) is 0 Å². The van der Waals surface area contributed by atoms with Crippen LogP contribution in [0.4, 0.5) is 4.79 Å². The summed E-state index contributed by atoms with van der Waals surface area (Å²) in [6, 6.07) is -2.26. The highest BCUT2D eigenvalue weighted by atomic mass is 31.2. The van der Waals surface area contributed by atoms with Crippen LogP contribution in [0.1, 0.15) is 298 Å². The molecule has 2 N–H and O–H groups in total. The van der Waals surface area contributed by atoms with Crippen LogP contribution in [-0.2, 0) is 80.2 Å². The zero-order valence-electron chi connectivity index (χ0n) is 63.5. The van der Waals surface area contributed by atoms with Gasteiger partial charge in [0.15, 0.2) is 6.10 Å². The first kappa shape index (κ1) is 92.3. The molecule has 0 bridgehead atoms. The molecule has 2 unspecified atom stereocenters. The molecule has 1 saturated carbocycles. The maximum atomic E-state index is 14.8. The molecule has 11 atom stereocenters. The Morgan fingerprint density at radius 2 is 1.04 bits per heavy atom. The van der Waals surface area contributed by atoms with Gasteiger partial charge < -0.3 is 48.5 Å². The van der Waals surface area contributed by atoms with Crippen molar-refractivity contribution in [3.63, 3.8) is 0 Å². The van der Waals surface area contributed by atoms with E-state index in [2.05, 4.69) is 70.2 Å². The minimum Gasteiger partial charge on any atom is -0.496 e. The number of nitrogens with one attached hydrogen (secondary N) is 2. The lowest BCUT2D eigenvalue weighted by Gasteiger charge is -2.47. The molecule has 0 radical (unpaired) electrons. The Hall–Kier alpha value is -3.79. The Labute approximate surface area is 605 Å². The normalized spacial score (nSPS) is 21.3. The molecule has 20 nitrogen and oxygen atoms in total. The highest BCUT2D eigenvalue weighted by molar-refractivity contribution is 7.48. The maximum absolute atomic E-state index is 14.8. The smallest absolute Gasteiger partial charge is 0.496 e. The Bertz CT molecular complexity index is 2170. The molecule has 0 aromatic heterocycles. The molecular weight excluding hydrogens is 1300 g/mol. The van der Waals surface area contributed by atoms with Gasteiger partial charge in [-0.2, -0.15) is 0 Å². The van der Waals surface area contributed by atoms with E-state index in [1.54, 1.807) is 20.1 Å². The zero-order valence-corrected chi connectivity index (χ0v) is 64.4. The molecule has 0 aromatic carbocycles. The van der Waals surface area contributed by atoms with Crippen LogP contribution in [0.3, 0.4) is 0 Å². The van der Waals surface area contributed by atoms with Crippen LogP contribution >= 0.6 is 7.82 Å². The molecule has 1 aliphatic heterocycles. The molecule has 2 rings (SSSR count). The van der Waals surface area contributed by atoms with E-state index in [9.17, 15) is 23.7 Å². The van der Waals surface area contributed by atoms with Gasteiger partial charge in [-0.25, -0.2) is 19.1 Å². The number of carbonyl (C=O) groups excluding carboxylic acids is 4. The lowest BCUT2D eigenvalue weighted by molar-refractivity contribution is -0.439. The van der Waals surface area contributed by atoms with E-state index in [4.69, 9.17) is 61.2 Å². The summed E-state index contributed by atoms with van der Waals surface area (Å²) in [5.74, 6) is -1.07. The largest absolute Gasteiger partial charge is 0.509 e. The number of rotatable bonds is 68. The number of methoxy groups -OCH3 is 2. The molecule has 0 spiro atoms. The van der Waals surface area contributed by atoms with Crippen molar-refractivity contribution in [3.05, 3.63) is 62.5 Å². The molecule has 100 heavy (non-hydrogen) atoms.